The second-order valence-electron chi connectivity index (χ2n) is 3.03. The molecule has 1 rings (SSSR count). The first-order chi connectivity index (χ1) is 4.66. The van der Waals surface area contributed by atoms with Gasteiger partial charge in [-0.2, -0.15) is 0 Å². The Hall–Kier alpha value is -0.900. The molecule has 1 unspecified atom stereocenters. The van der Waals surface area contributed by atoms with Crippen LogP contribution in [0.5, 0.6) is 0 Å². The predicted octanol–water partition coefficient (Wildman–Crippen LogP) is 1.65. The van der Waals surface area contributed by atoms with Crippen molar-refractivity contribution < 1.29 is 0 Å². The van der Waals surface area contributed by atoms with Gasteiger partial charge in [0.1, 0.15) is 0 Å². The largest absolute Gasteiger partial charge is 0.392 e. The molecule has 0 aromatic carbocycles. The molecule has 1 heteroatoms. The van der Waals surface area contributed by atoms with Crippen molar-refractivity contribution in [2.45, 2.75) is 26.7 Å². The highest BCUT2D eigenvalue weighted by atomic mass is 14.6. The van der Waals surface area contributed by atoms with Crippen LogP contribution < -0.4 is 5.73 Å². The standard InChI is InChI=1S/C9H13N/c1-3-9(2)6-4-8(10)5-7-9/h4H,3,6,10H2,1-2H3. The molecule has 1 aliphatic rings. The maximum Gasteiger partial charge on any atom is 0.0787 e. The van der Waals surface area contributed by atoms with Gasteiger partial charge in [-0.05, 0) is 25.7 Å². The van der Waals surface area contributed by atoms with Crippen LogP contribution in [-0.2, 0) is 0 Å². The summed E-state index contributed by atoms with van der Waals surface area (Å²) in [5.41, 5.74) is 6.41. The normalized spacial score (nSPS) is 30.4. The van der Waals surface area contributed by atoms with Crippen molar-refractivity contribution in [2.75, 3.05) is 0 Å². The number of rotatable bonds is 1. The molecule has 0 amide bonds. The van der Waals surface area contributed by atoms with E-state index in [-0.39, 0.29) is 5.41 Å². The molecule has 0 heterocycles. The van der Waals surface area contributed by atoms with Crippen molar-refractivity contribution >= 4 is 0 Å². The molecule has 54 valence electrons. The second kappa shape index (κ2) is 2.38. The fourth-order valence-corrected chi connectivity index (χ4v) is 0.893. The lowest BCUT2D eigenvalue weighted by Gasteiger charge is -2.21. The van der Waals surface area contributed by atoms with Gasteiger partial charge in [0.2, 0.25) is 0 Å². The molecule has 0 fully saturated rings. The van der Waals surface area contributed by atoms with E-state index in [1.54, 1.807) is 0 Å². The monoisotopic (exact) mass is 135 g/mol. The van der Waals surface area contributed by atoms with Gasteiger partial charge in [-0.15, -0.1) is 0 Å². The van der Waals surface area contributed by atoms with E-state index in [1.807, 2.05) is 6.08 Å². The molecule has 0 saturated carbocycles. The summed E-state index contributed by atoms with van der Waals surface area (Å²) >= 11 is 0. The van der Waals surface area contributed by atoms with Crippen molar-refractivity contribution in [2.24, 2.45) is 11.1 Å². The molecule has 10 heavy (non-hydrogen) atoms. The lowest BCUT2D eigenvalue weighted by Crippen LogP contribution is -2.15. The van der Waals surface area contributed by atoms with Crippen LogP contribution in [0.1, 0.15) is 26.7 Å². The molecule has 0 bridgehead atoms. The molecule has 0 radical (unpaired) electrons. The summed E-state index contributed by atoms with van der Waals surface area (Å²) in [6, 6.07) is 0. The van der Waals surface area contributed by atoms with Crippen LogP contribution in [0.3, 0.4) is 0 Å². The minimum absolute atomic E-state index is 0.183. The van der Waals surface area contributed by atoms with E-state index in [4.69, 9.17) is 5.73 Å². The maximum absolute atomic E-state index is 5.50. The van der Waals surface area contributed by atoms with Crippen LogP contribution in [0.25, 0.3) is 0 Å². The van der Waals surface area contributed by atoms with E-state index in [1.165, 1.54) is 0 Å². The van der Waals surface area contributed by atoms with Crippen LogP contribution in [0.15, 0.2) is 11.8 Å². The minimum Gasteiger partial charge on any atom is -0.392 e. The van der Waals surface area contributed by atoms with E-state index < -0.39 is 0 Å². The molecule has 0 aromatic heterocycles. The first kappa shape index (κ1) is 7.21. The molecule has 0 saturated heterocycles. The zero-order valence-corrected chi connectivity index (χ0v) is 6.57. The minimum atomic E-state index is 0.183. The summed E-state index contributed by atoms with van der Waals surface area (Å²) in [5.74, 6) is 6.06. The van der Waals surface area contributed by atoms with Crippen molar-refractivity contribution in [3.05, 3.63) is 11.8 Å². The van der Waals surface area contributed by atoms with Gasteiger partial charge in [0.05, 0.1) is 5.70 Å². The Balaban J connectivity index is 2.76. The SMILES string of the molecule is CCC1(C)C#CC(N)=CC1. The average Bonchev–Trinajstić information content (AvgIpc) is 1.96. The summed E-state index contributed by atoms with van der Waals surface area (Å²) in [5, 5.41) is 0. The smallest absolute Gasteiger partial charge is 0.0787 e. The first-order valence-electron chi connectivity index (χ1n) is 3.65. The van der Waals surface area contributed by atoms with E-state index in [0.717, 1.165) is 18.5 Å². The van der Waals surface area contributed by atoms with Gasteiger partial charge in [-0.3, -0.25) is 0 Å². The van der Waals surface area contributed by atoms with E-state index in [2.05, 4.69) is 25.7 Å². The van der Waals surface area contributed by atoms with Crippen LogP contribution >= 0.6 is 0 Å². The summed E-state index contributed by atoms with van der Waals surface area (Å²) in [6.07, 6.45) is 4.12. The molecule has 2 N–H and O–H groups in total. The topological polar surface area (TPSA) is 26.0 Å². The third-order valence-corrected chi connectivity index (χ3v) is 2.06. The molecule has 1 atom stereocenters. The van der Waals surface area contributed by atoms with Gasteiger partial charge in [0.15, 0.2) is 0 Å². The number of allylic oxidation sites excluding steroid dienone is 2. The predicted molar refractivity (Wildman–Crippen MR) is 43.1 cm³/mol. The Morgan fingerprint density at radius 3 is 2.90 bits per heavy atom. The van der Waals surface area contributed by atoms with Gasteiger partial charge in [-0.1, -0.05) is 18.9 Å². The van der Waals surface area contributed by atoms with Gasteiger partial charge in [0.25, 0.3) is 0 Å². The number of hydrogen-bond acceptors (Lipinski definition) is 1. The number of hydrogen-bond donors (Lipinski definition) is 1. The summed E-state index contributed by atoms with van der Waals surface area (Å²) in [6.45, 7) is 4.33. The zero-order chi connectivity index (χ0) is 7.61. The maximum atomic E-state index is 5.50. The van der Waals surface area contributed by atoms with E-state index >= 15 is 0 Å². The zero-order valence-electron chi connectivity index (χ0n) is 6.57. The molecular weight excluding hydrogens is 122 g/mol. The summed E-state index contributed by atoms with van der Waals surface area (Å²) in [7, 11) is 0. The highest BCUT2D eigenvalue weighted by molar-refractivity contribution is 5.33. The van der Waals surface area contributed by atoms with Crippen LogP contribution in [0, 0.1) is 17.3 Å². The lowest BCUT2D eigenvalue weighted by atomic mass is 9.82. The van der Waals surface area contributed by atoms with E-state index in [0.29, 0.717) is 0 Å². The van der Waals surface area contributed by atoms with Crippen LogP contribution in [0.2, 0.25) is 0 Å². The van der Waals surface area contributed by atoms with Gasteiger partial charge in [0, 0.05) is 5.41 Å². The quantitative estimate of drug-likeness (QED) is 0.543. The molecule has 0 aliphatic heterocycles. The van der Waals surface area contributed by atoms with Gasteiger partial charge < -0.3 is 5.73 Å². The first-order valence-corrected chi connectivity index (χ1v) is 3.65. The Labute approximate surface area is 62.3 Å². The summed E-state index contributed by atoms with van der Waals surface area (Å²) < 4.78 is 0. The Morgan fingerprint density at radius 2 is 2.50 bits per heavy atom. The average molecular weight is 135 g/mol. The summed E-state index contributed by atoms with van der Waals surface area (Å²) in [4.78, 5) is 0. The third-order valence-electron chi connectivity index (χ3n) is 2.06. The second-order valence-corrected chi connectivity index (χ2v) is 3.03. The highest BCUT2D eigenvalue weighted by Crippen LogP contribution is 2.27. The highest BCUT2D eigenvalue weighted by Gasteiger charge is 2.19. The van der Waals surface area contributed by atoms with Crippen molar-refractivity contribution in [1.82, 2.24) is 0 Å². The van der Waals surface area contributed by atoms with Crippen molar-refractivity contribution in [3.63, 3.8) is 0 Å². The fraction of sp³-hybridized carbons (Fsp3) is 0.556. The van der Waals surface area contributed by atoms with E-state index in [9.17, 15) is 0 Å². The molecule has 0 spiro atoms. The van der Waals surface area contributed by atoms with Crippen molar-refractivity contribution in [1.29, 1.82) is 0 Å². The Kier molecular flexibility index (Phi) is 1.72. The van der Waals surface area contributed by atoms with Gasteiger partial charge >= 0.3 is 0 Å². The van der Waals surface area contributed by atoms with Crippen molar-refractivity contribution in [3.8, 4) is 11.8 Å². The van der Waals surface area contributed by atoms with Crippen LogP contribution in [0.4, 0.5) is 0 Å². The molecule has 0 aromatic rings. The Bertz CT molecular complexity index is 217. The van der Waals surface area contributed by atoms with Crippen LogP contribution in [-0.4, -0.2) is 0 Å². The molecule has 1 nitrogen and oxygen atoms in total. The number of nitrogens with two attached hydrogens (primary N) is 1. The molecule has 1 aliphatic carbocycles. The molecular formula is C9H13N. The third kappa shape index (κ3) is 1.33. The fourth-order valence-electron chi connectivity index (χ4n) is 0.893. The Morgan fingerprint density at radius 1 is 1.80 bits per heavy atom. The lowest BCUT2D eigenvalue weighted by molar-refractivity contribution is 0.434. The van der Waals surface area contributed by atoms with Gasteiger partial charge in [-0.25, -0.2) is 0 Å².